The van der Waals surface area contributed by atoms with Crippen LogP contribution in [0.1, 0.15) is 66.0 Å². The Morgan fingerprint density at radius 3 is 2.68 bits per heavy atom. The van der Waals surface area contributed by atoms with Gasteiger partial charge in [-0.15, -0.1) is 0 Å². The van der Waals surface area contributed by atoms with E-state index in [0.717, 1.165) is 30.1 Å². The van der Waals surface area contributed by atoms with Crippen molar-refractivity contribution in [1.29, 1.82) is 0 Å². The normalized spacial score (nSPS) is 22.9. The third-order valence-corrected chi connectivity index (χ3v) is 8.58. The van der Waals surface area contributed by atoms with Gasteiger partial charge in [0.2, 0.25) is 0 Å². The van der Waals surface area contributed by atoms with Crippen molar-refractivity contribution in [2.24, 2.45) is 13.0 Å². The number of ketones is 1. The fraction of sp³-hybridized carbons (Fsp3) is 0.654. The Kier molecular flexibility index (Phi) is 8.73. The van der Waals surface area contributed by atoms with E-state index in [-0.39, 0.29) is 22.5 Å². The quantitative estimate of drug-likeness (QED) is 0.324. The fourth-order valence-corrected chi connectivity index (χ4v) is 6.11. The standard InChI is InChI=1S/C26H33F4N3O3S/c1-32-20(3-2-4-23(32)35)21(34)17-18-5-9-25(27,10-6-18)11-15-33-13-7-19-22(8-14-33)37-24(31-19)36-16-12-26(28,29)30/h2-4,18H,5-17H2,1H3. The summed E-state index contributed by atoms with van der Waals surface area (Å²) in [5.41, 5.74) is -0.195. The molecular weight excluding hydrogens is 510 g/mol. The van der Waals surface area contributed by atoms with E-state index < -0.39 is 24.9 Å². The number of nitrogens with zero attached hydrogens (tertiary/aromatic N) is 3. The predicted molar refractivity (Wildman–Crippen MR) is 133 cm³/mol. The summed E-state index contributed by atoms with van der Waals surface area (Å²) in [6.45, 7) is 1.68. The van der Waals surface area contributed by atoms with Gasteiger partial charge < -0.3 is 14.2 Å². The van der Waals surface area contributed by atoms with Crippen molar-refractivity contribution in [2.75, 3.05) is 26.2 Å². The van der Waals surface area contributed by atoms with Crippen molar-refractivity contribution in [2.45, 2.75) is 69.6 Å². The third-order valence-electron chi connectivity index (χ3n) is 7.51. The van der Waals surface area contributed by atoms with Crippen molar-refractivity contribution in [3.05, 3.63) is 44.8 Å². The molecule has 0 N–H and O–H groups in total. The Labute approximate surface area is 217 Å². The first-order chi connectivity index (χ1) is 17.5. The molecule has 0 aromatic carbocycles. The summed E-state index contributed by atoms with van der Waals surface area (Å²) in [4.78, 5) is 32.1. The molecule has 1 fully saturated rings. The number of thiazole rings is 1. The molecule has 2 aromatic heterocycles. The molecule has 204 valence electrons. The molecule has 37 heavy (non-hydrogen) atoms. The fourth-order valence-electron chi connectivity index (χ4n) is 5.14. The van der Waals surface area contributed by atoms with Crippen molar-refractivity contribution < 1.29 is 27.1 Å². The molecule has 0 bridgehead atoms. The number of carbonyl (C=O) groups is 1. The number of aromatic nitrogens is 2. The van der Waals surface area contributed by atoms with Crippen LogP contribution in [0.15, 0.2) is 23.0 Å². The van der Waals surface area contributed by atoms with Gasteiger partial charge in [0.25, 0.3) is 10.8 Å². The van der Waals surface area contributed by atoms with Crippen LogP contribution in [0.5, 0.6) is 5.19 Å². The van der Waals surface area contributed by atoms with Gasteiger partial charge in [0.05, 0.1) is 24.4 Å². The summed E-state index contributed by atoms with van der Waals surface area (Å²) in [6, 6.07) is 4.67. The van der Waals surface area contributed by atoms with Crippen LogP contribution in [-0.2, 0) is 19.9 Å². The number of carbonyl (C=O) groups excluding carboxylic acids is 1. The van der Waals surface area contributed by atoms with Gasteiger partial charge in [-0.3, -0.25) is 9.59 Å². The molecule has 2 aromatic rings. The molecule has 1 saturated carbocycles. The molecular formula is C26H33F4N3O3S. The van der Waals surface area contributed by atoms with E-state index in [4.69, 9.17) is 4.74 Å². The van der Waals surface area contributed by atoms with Gasteiger partial charge in [0.15, 0.2) is 5.78 Å². The second-order valence-electron chi connectivity index (χ2n) is 10.2. The van der Waals surface area contributed by atoms with Crippen LogP contribution in [0.2, 0.25) is 0 Å². The van der Waals surface area contributed by atoms with Crippen LogP contribution < -0.4 is 10.3 Å². The van der Waals surface area contributed by atoms with Crippen LogP contribution in [0, 0.1) is 5.92 Å². The van der Waals surface area contributed by atoms with Crippen LogP contribution in [0.4, 0.5) is 17.6 Å². The van der Waals surface area contributed by atoms with Gasteiger partial charge >= 0.3 is 6.18 Å². The zero-order valence-electron chi connectivity index (χ0n) is 21.0. The molecule has 4 rings (SSSR count). The molecule has 1 aliphatic heterocycles. The first-order valence-corrected chi connectivity index (χ1v) is 13.6. The highest BCUT2D eigenvalue weighted by Crippen LogP contribution is 2.39. The minimum Gasteiger partial charge on any atom is -0.470 e. The summed E-state index contributed by atoms with van der Waals surface area (Å²) in [5, 5.41) is 0.287. The zero-order chi connectivity index (χ0) is 26.6. The predicted octanol–water partition coefficient (Wildman–Crippen LogP) is 5.14. The van der Waals surface area contributed by atoms with Gasteiger partial charge in [-0.2, -0.15) is 13.2 Å². The molecule has 2 aliphatic rings. The van der Waals surface area contributed by atoms with E-state index in [1.54, 1.807) is 19.2 Å². The Morgan fingerprint density at radius 2 is 1.95 bits per heavy atom. The highest BCUT2D eigenvalue weighted by molar-refractivity contribution is 7.13. The van der Waals surface area contributed by atoms with E-state index in [1.807, 2.05) is 0 Å². The third kappa shape index (κ3) is 7.63. The molecule has 0 amide bonds. The molecule has 0 atom stereocenters. The first-order valence-electron chi connectivity index (χ1n) is 12.8. The van der Waals surface area contributed by atoms with Gasteiger partial charge in [-0.05, 0) is 50.5 Å². The molecule has 0 unspecified atom stereocenters. The van der Waals surface area contributed by atoms with Crippen molar-refractivity contribution >= 4 is 17.1 Å². The SMILES string of the molecule is Cn1c(C(=O)CC2CCC(F)(CCN3CCc4nc(OCCC(F)(F)F)sc4CC3)CC2)cccc1=O. The lowest BCUT2D eigenvalue weighted by atomic mass is 9.76. The summed E-state index contributed by atoms with van der Waals surface area (Å²) < 4.78 is 59.1. The Morgan fingerprint density at radius 1 is 1.22 bits per heavy atom. The smallest absolute Gasteiger partial charge is 0.392 e. The van der Waals surface area contributed by atoms with E-state index in [1.165, 1.54) is 22.0 Å². The minimum absolute atomic E-state index is 0.0730. The van der Waals surface area contributed by atoms with E-state index >= 15 is 4.39 Å². The number of hydrogen-bond donors (Lipinski definition) is 0. The molecule has 1 aliphatic carbocycles. The Bertz CT molecular complexity index is 1110. The van der Waals surface area contributed by atoms with Crippen molar-refractivity contribution in [1.82, 2.24) is 14.5 Å². The van der Waals surface area contributed by atoms with E-state index in [0.29, 0.717) is 57.2 Å². The molecule has 6 nitrogen and oxygen atoms in total. The topological polar surface area (TPSA) is 64.4 Å². The Balaban J connectivity index is 1.20. The van der Waals surface area contributed by atoms with Gasteiger partial charge in [0, 0.05) is 50.5 Å². The Hall–Kier alpha value is -2.27. The van der Waals surface area contributed by atoms with Crippen molar-refractivity contribution in [3.63, 3.8) is 0 Å². The number of ether oxygens (including phenoxy) is 1. The molecule has 3 heterocycles. The summed E-state index contributed by atoms with van der Waals surface area (Å²) in [7, 11) is 1.59. The van der Waals surface area contributed by atoms with Gasteiger partial charge in [-0.25, -0.2) is 9.37 Å². The second-order valence-corrected chi connectivity index (χ2v) is 11.2. The largest absolute Gasteiger partial charge is 0.470 e. The lowest BCUT2D eigenvalue weighted by molar-refractivity contribution is -0.139. The molecule has 0 spiro atoms. The van der Waals surface area contributed by atoms with Crippen LogP contribution in [0.25, 0.3) is 0 Å². The molecule has 0 radical (unpaired) electrons. The van der Waals surface area contributed by atoms with E-state index in [9.17, 15) is 22.8 Å². The summed E-state index contributed by atoms with van der Waals surface area (Å²) in [6.07, 6.45) is -0.919. The summed E-state index contributed by atoms with van der Waals surface area (Å²) in [5.74, 6) is 0.0515. The van der Waals surface area contributed by atoms with Crippen LogP contribution in [0.3, 0.4) is 0 Å². The number of pyridine rings is 1. The second kappa shape index (κ2) is 11.6. The maximum absolute atomic E-state index is 15.6. The first kappa shape index (κ1) is 27.8. The summed E-state index contributed by atoms with van der Waals surface area (Å²) >= 11 is 1.30. The molecule has 11 heteroatoms. The maximum Gasteiger partial charge on any atom is 0.392 e. The average Bonchev–Trinajstić information content (AvgIpc) is 3.12. The maximum atomic E-state index is 15.6. The number of Topliss-reactive ketones (excluding diaryl/α,β-unsaturated/α-hetero) is 1. The highest BCUT2D eigenvalue weighted by Gasteiger charge is 2.36. The van der Waals surface area contributed by atoms with Crippen molar-refractivity contribution in [3.8, 4) is 5.19 Å². The number of fused-ring (bicyclic) bond motifs is 1. The number of rotatable bonds is 9. The van der Waals surface area contributed by atoms with Gasteiger partial charge in [0.1, 0.15) is 5.67 Å². The van der Waals surface area contributed by atoms with Crippen LogP contribution >= 0.6 is 11.3 Å². The highest BCUT2D eigenvalue weighted by atomic mass is 32.1. The minimum atomic E-state index is -4.25. The lowest BCUT2D eigenvalue weighted by Crippen LogP contribution is -2.36. The monoisotopic (exact) mass is 543 g/mol. The van der Waals surface area contributed by atoms with Crippen LogP contribution in [-0.4, -0.2) is 58.3 Å². The average molecular weight is 544 g/mol. The zero-order valence-corrected chi connectivity index (χ0v) is 21.8. The number of alkyl halides is 4. The number of hydrogen-bond acceptors (Lipinski definition) is 6. The molecule has 0 saturated heterocycles. The van der Waals surface area contributed by atoms with E-state index in [2.05, 4.69) is 9.88 Å². The van der Waals surface area contributed by atoms with Gasteiger partial charge in [-0.1, -0.05) is 17.4 Å². The number of halogens is 4. The lowest BCUT2D eigenvalue weighted by Gasteiger charge is -2.35.